The van der Waals surface area contributed by atoms with Gasteiger partial charge in [-0.1, -0.05) is 6.07 Å². The number of pyridine rings is 1. The molecule has 2 rings (SSSR count). The van der Waals surface area contributed by atoms with E-state index in [0.29, 0.717) is 30.1 Å². The number of hydrogen-bond donors (Lipinski definition) is 2. The Bertz CT molecular complexity index is 747. The van der Waals surface area contributed by atoms with Gasteiger partial charge in [-0.05, 0) is 18.3 Å². The number of hydrogen-bond acceptors (Lipinski definition) is 7. The lowest BCUT2D eigenvalue weighted by molar-refractivity contribution is -0.214. The number of carbonyl (C=O) groups excluding carboxylic acids is 1. The van der Waals surface area contributed by atoms with Gasteiger partial charge in [-0.3, -0.25) is 4.99 Å². The summed E-state index contributed by atoms with van der Waals surface area (Å²) in [6.45, 7) is -0.993. The number of alkyl halides is 3. The number of halogens is 3. The van der Waals surface area contributed by atoms with Crippen molar-refractivity contribution in [1.82, 2.24) is 9.88 Å². The molecule has 1 amide bonds. The van der Waals surface area contributed by atoms with Crippen LogP contribution in [0.3, 0.4) is 0 Å². The third-order valence-corrected chi connectivity index (χ3v) is 4.24. The van der Waals surface area contributed by atoms with E-state index in [9.17, 15) is 18.0 Å². The summed E-state index contributed by atoms with van der Waals surface area (Å²) in [4.78, 5) is 21.5. The van der Waals surface area contributed by atoms with Gasteiger partial charge in [0.2, 0.25) is 12.0 Å². The van der Waals surface area contributed by atoms with Gasteiger partial charge in [-0.2, -0.15) is 13.2 Å². The monoisotopic (exact) mass is 416 g/mol. The molecule has 0 aliphatic carbocycles. The second-order valence-corrected chi connectivity index (χ2v) is 6.23. The van der Waals surface area contributed by atoms with Crippen molar-refractivity contribution in [2.24, 2.45) is 10.7 Å². The lowest BCUT2D eigenvalue weighted by Gasteiger charge is -2.32. The second-order valence-electron chi connectivity index (χ2n) is 6.23. The average molecular weight is 416 g/mol. The van der Waals surface area contributed by atoms with E-state index in [4.69, 9.17) is 15.6 Å². The minimum Gasteiger partial charge on any atom is -0.474 e. The molecule has 1 aliphatic rings. The summed E-state index contributed by atoms with van der Waals surface area (Å²) < 4.78 is 48.0. The van der Waals surface area contributed by atoms with E-state index < -0.39 is 25.0 Å². The zero-order valence-corrected chi connectivity index (χ0v) is 15.8. The first-order valence-corrected chi connectivity index (χ1v) is 8.90. The van der Waals surface area contributed by atoms with Crippen LogP contribution in [-0.2, 0) is 4.74 Å². The first kappa shape index (κ1) is 22.5. The number of rotatable bonds is 6. The van der Waals surface area contributed by atoms with Crippen molar-refractivity contribution in [3.63, 3.8) is 0 Å². The number of piperidine rings is 1. The molecule has 1 unspecified atom stereocenters. The van der Waals surface area contributed by atoms with Crippen LogP contribution >= 0.6 is 0 Å². The maximum atomic E-state index is 12.6. The van der Waals surface area contributed by atoms with Crippen LogP contribution in [0.2, 0.25) is 0 Å². The van der Waals surface area contributed by atoms with E-state index in [0.717, 1.165) is 4.90 Å². The zero-order chi connectivity index (χ0) is 21.4. The highest BCUT2D eigenvalue weighted by atomic mass is 19.4. The van der Waals surface area contributed by atoms with Gasteiger partial charge < -0.3 is 25.2 Å². The second kappa shape index (κ2) is 10.1. The molecule has 0 spiro atoms. The van der Waals surface area contributed by atoms with Crippen molar-refractivity contribution in [2.75, 3.05) is 26.7 Å². The molecule has 1 aromatic heterocycles. The van der Waals surface area contributed by atoms with E-state index >= 15 is 0 Å². The molecule has 1 fully saturated rings. The van der Waals surface area contributed by atoms with Gasteiger partial charge in [0.25, 0.3) is 0 Å². The Morgan fingerprint density at radius 3 is 2.69 bits per heavy atom. The normalized spacial score (nSPS) is 17.4. The van der Waals surface area contributed by atoms with Gasteiger partial charge in [0, 0.05) is 39.0 Å². The fourth-order valence-electron chi connectivity index (χ4n) is 2.72. The van der Waals surface area contributed by atoms with Crippen molar-refractivity contribution < 1.29 is 32.5 Å². The number of nitrogens with two attached hydrogens (primary N) is 1. The standard InChI is InChI=1S/C18H23F3N4O4/c1-23-13(5-8-22)14-3-2-4-16(24-14)28-12-6-9-25(10-7-12)17(27)29-15(11-26)18(19,20)21/h2-5,8,12,15,26H,6-7,9-11,22H2,1H3. The first-order valence-electron chi connectivity index (χ1n) is 8.90. The number of likely N-dealkylation sites (tertiary alicyclic amines) is 1. The molecule has 8 nitrogen and oxygen atoms in total. The van der Waals surface area contributed by atoms with Gasteiger partial charge in [0.05, 0.1) is 18.0 Å². The molecule has 3 N–H and O–H groups in total. The average Bonchev–Trinajstić information content (AvgIpc) is 2.70. The molecule has 0 radical (unpaired) electrons. The molecule has 0 saturated carbocycles. The molecule has 29 heavy (non-hydrogen) atoms. The number of aliphatic hydroxyl groups is 1. The molecule has 1 aromatic rings. The summed E-state index contributed by atoms with van der Waals surface area (Å²) in [5, 5.41) is 8.77. The molecule has 11 heteroatoms. The lowest BCUT2D eigenvalue weighted by Crippen LogP contribution is -2.46. The quantitative estimate of drug-likeness (QED) is 0.685. The molecule has 0 bridgehead atoms. The summed E-state index contributed by atoms with van der Waals surface area (Å²) in [5.41, 5.74) is 6.55. The van der Waals surface area contributed by atoms with E-state index in [1.54, 1.807) is 31.3 Å². The van der Waals surface area contributed by atoms with Crippen LogP contribution in [-0.4, -0.2) is 71.9 Å². The van der Waals surface area contributed by atoms with Gasteiger partial charge >= 0.3 is 12.3 Å². The van der Waals surface area contributed by atoms with Crippen molar-refractivity contribution in [2.45, 2.75) is 31.2 Å². The Hall–Kier alpha value is -2.82. The van der Waals surface area contributed by atoms with Crippen LogP contribution < -0.4 is 10.5 Å². The fourth-order valence-corrected chi connectivity index (χ4v) is 2.72. The lowest BCUT2D eigenvalue weighted by atomic mass is 10.1. The van der Waals surface area contributed by atoms with Gasteiger partial charge in [0.15, 0.2) is 0 Å². The van der Waals surface area contributed by atoms with E-state index in [1.807, 2.05) is 0 Å². The first-order chi connectivity index (χ1) is 13.8. The molecule has 1 saturated heterocycles. The zero-order valence-electron chi connectivity index (χ0n) is 15.8. The summed E-state index contributed by atoms with van der Waals surface area (Å²) in [5.74, 6) is 0.368. The van der Waals surface area contributed by atoms with Crippen molar-refractivity contribution in [1.29, 1.82) is 0 Å². The minimum atomic E-state index is -4.82. The third-order valence-electron chi connectivity index (χ3n) is 4.24. The van der Waals surface area contributed by atoms with Gasteiger partial charge in [-0.15, -0.1) is 0 Å². The SMILES string of the molecule is CN=C(C=CN)c1cccc(OC2CCN(C(=O)OC(CO)C(F)(F)F)CC2)n1. The Labute approximate surface area is 165 Å². The largest absolute Gasteiger partial charge is 0.474 e. The van der Waals surface area contributed by atoms with Crippen LogP contribution in [0, 0.1) is 0 Å². The predicted molar refractivity (Wildman–Crippen MR) is 98.7 cm³/mol. The summed E-state index contributed by atoms with van der Waals surface area (Å²) >= 11 is 0. The summed E-state index contributed by atoms with van der Waals surface area (Å²) in [6.07, 6.45) is -4.97. The predicted octanol–water partition coefficient (Wildman–Crippen LogP) is 1.88. The van der Waals surface area contributed by atoms with Crippen LogP contribution in [0.15, 0.2) is 35.5 Å². The van der Waals surface area contributed by atoms with E-state index in [1.165, 1.54) is 6.20 Å². The molecule has 1 atom stereocenters. The highest BCUT2D eigenvalue weighted by Gasteiger charge is 2.43. The highest BCUT2D eigenvalue weighted by molar-refractivity contribution is 6.07. The third kappa shape index (κ3) is 6.34. The number of carbonyl (C=O) groups is 1. The number of aliphatic imine (C=N–C) groups is 1. The number of nitrogens with zero attached hydrogens (tertiary/aromatic N) is 3. The molecule has 0 aromatic carbocycles. The van der Waals surface area contributed by atoms with E-state index in [-0.39, 0.29) is 19.2 Å². The Balaban J connectivity index is 1.91. The number of allylic oxidation sites excluding steroid dienone is 1. The van der Waals surface area contributed by atoms with Crippen LogP contribution in [0.5, 0.6) is 5.88 Å². The van der Waals surface area contributed by atoms with Crippen LogP contribution in [0.1, 0.15) is 18.5 Å². The fraction of sp³-hybridized carbons (Fsp3) is 0.500. The molecule has 160 valence electrons. The van der Waals surface area contributed by atoms with Crippen molar-refractivity contribution in [3.8, 4) is 5.88 Å². The van der Waals surface area contributed by atoms with Crippen molar-refractivity contribution in [3.05, 3.63) is 36.2 Å². The number of ether oxygens (including phenoxy) is 2. The number of aromatic nitrogens is 1. The van der Waals surface area contributed by atoms with Crippen LogP contribution in [0.25, 0.3) is 0 Å². The molecular formula is C18H23F3N4O4. The Morgan fingerprint density at radius 2 is 2.14 bits per heavy atom. The van der Waals surface area contributed by atoms with Crippen molar-refractivity contribution >= 4 is 11.8 Å². The molecular weight excluding hydrogens is 393 g/mol. The molecule has 2 heterocycles. The van der Waals surface area contributed by atoms with Gasteiger partial charge in [0.1, 0.15) is 6.10 Å². The van der Waals surface area contributed by atoms with Crippen LogP contribution in [0.4, 0.5) is 18.0 Å². The van der Waals surface area contributed by atoms with Gasteiger partial charge in [-0.25, -0.2) is 9.78 Å². The number of aliphatic hydroxyl groups excluding tert-OH is 1. The minimum absolute atomic E-state index is 0.163. The maximum Gasteiger partial charge on any atom is 0.427 e. The number of amides is 1. The molecule has 1 aliphatic heterocycles. The Kier molecular flexibility index (Phi) is 7.82. The topological polar surface area (TPSA) is 110 Å². The summed E-state index contributed by atoms with van der Waals surface area (Å²) in [7, 11) is 1.61. The highest BCUT2D eigenvalue weighted by Crippen LogP contribution is 2.24. The summed E-state index contributed by atoms with van der Waals surface area (Å²) in [6, 6.07) is 5.19. The smallest absolute Gasteiger partial charge is 0.427 e. The Morgan fingerprint density at radius 1 is 1.45 bits per heavy atom. The maximum absolute atomic E-state index is 12.6. The van der Waals surface area contributed by atoms with E-state index in [2.05, 4.69) is 14.7 Å².